The monoisotopic (exact) mass is 316 g/mol. The van der Waals surface area contributed by atoms with E-state index in [9.17, 15) is 0 Å². The summed E-state index contributed by atoms with van der Waals surface area (Å²) in [5.74, 6) is 3.81. The number of fused-ring (bicyclic) bond motifs is 1. The van der Waals surface area contributed by atoms with Crippen molar-refractivity contribution in [1.29, 1.82) is 0 Å². The van der Waals surface area contributed by atoms with Gasteiger partial charge in [0.15, 0.2) is 5.13 Å². The van der Waals surface area contributed by atoms with Gasteiger partial charge >= 0.3 is 0 Å². The lowest BCUT2D eigenvalue weighted by Crippen LogP contribution is -2.23. The van der Waals surface area contributed by atoms with E-state index in [0.717, 1.165) is 22.2 Å². The number of hydrogen-bond acceptors (Lipinski definition) is 5. The molecule has 1 atom stereocenters. The maximum Gasteiger partial charge on any atom is 0.183 e. The molecule has 0 aliphatic carbocycles. The Bertz CT molecular complexity index is 537. The fourth-order valence-corrected chi connectivity index (χ4v) is 5.46. The number of nitrogens with zero attached hydrogens (tertiary/aromatic N) is 1. The number of thioether (sulfide) groups is 2. The van der Waals surface area contributed by atoms with Crippen LogP contribution in [-0.4, -0.2) is 34.0 Å². The van der Waals surface area contributed by atoms with Crippen molar-refractivity contribution in [2.24, 2.45) is 0 Å². The van der Waals surface area contributed by atoms with Crippen LogP contribution in [0.25, 0.3) is 10.2 Å². The molecule has 1 aromatic heterocycles. The summed E-state index contributed by atoms with van der Waals surface area (Å²) in [4.78, 5) is 4.56. The standard InChI is InChI=1S/C12H13ClN2S3/c13-8-1-2-11-10(5-8)15-12(18-11)14-6-9-7-16-3-4-17-9/h1-2,5,9H,3-4,6-7H2,(H,14,15). The van der Waals surface area contributed by atoms with E-state index in [-0.39, 0.29) is 0 Å². The third kappa shape index (κ3) is 3.07. The van der Waals surface area contributed by atoms with Crippen LogP contribution in [0.5, 0.6) is 0 Å². The molecule has 6 heteroatoms. The molecule has 0 amide bonds. The molecule has 1 fully saturated rings. The SMILES string of the molecule is Clc1ccc2sc(NCC3CSCCS3)nc2c1. The zero-order valence-corrected chi connectivity index (χ0v) is 12.9. The summed E-state index contributed by atoms with van der Waals surface area (Å²) in [6.07, 6.45) is 0. The second-order valence-electron chi connectivity index (χ2n) is 4.08. The normalized spacial score (nSPS) is 20.2. The summed E-state index contributed by atoms with van der Waals surface area (Å²) in [5.41, 5.74) is 0.987. The lowest BCUT2D eigenvalue weighted by molar-refractivity contribution is 1.00. The molecule has 0 bridgehead atoms. The lowest BCUT2D eigenvalue weighted by atomic mass is 10.3. The number of halogens is 1. The number of aromatic nitrogens is 1. The molecule has 2 nitrogen and oxygen atoms in total. The Morgan fingerprint density at radius 2 is 2.33 bits per heavy atom. The van der Waals surface area contributed by atoms with Gasteiger partial charge in [-0.15, -0.1) is 0 Å². The van der Waals surface area contributed by atoms with Crippen molar-refractivity contribution in [2.45, 2.75) is 5.25 Å². The summed E-state index contributed by atoms with van der Waals surface area (Å²) in [6, 6.07) is 5.87. The highest BCUT2D eigenvalue weighted by atomic mass is 35.5. The van der Waals surface area contributed by atoms with E-state index < -0.39 is 0 Å². The fourth-order valence-electron chi connectivity index (χ4n) is 1.83. The van der Waals surface area contributed by atoms with E-state index in [2.05, 4.69) is 22.1 Å². The maximum absolute atomic E-state index is 5.96. The van der Waals surface area contributed by atoms with Crippen molar-refractivity contribution in [1.82, 2.24) is 4.98 Å². The van der Waals surface area contributed by atoms with Crippen LogP contribution in [0.1, 0.15) is 0 Å². The molecule has 96 valence electrons. The highest BCUT2D eigenvalue weighted by Crippen LogP contribution is 2.29. The Balaban J connectivity index is 1.67. The zero-order chi connectivity index (χ0) is 12.4. The summed E-state index contributed by atoms with van der Waals surface area (Å²) < 4.78 is 1.19. The molecule has 1 aliphatic rings. The number of rotatable bonds is 3. The van der Waals surface area contributed by atoms with Crippen LogP contribution < -0.4 is 5.32 Å². The summed E-state index contributed by atoms with van der Waals surface area (Å²) in [7, 11) is 0. The minimum Gasteiger partial charge on any atom is -0.360 e. The molecule has 1 saturated heterocycles. The second-order valence-corrected chi connectivity index (χ2v) is 8.10. The largest absolute Gasteiger partial charge is 0.360 e. The third-order valence-electron chi connectivity index (χ3n) is 2.72. The smallest absolute Gasteiger partial charge is 0.183 e. The molecule has 0 radical (unpaired) electrons. The van der Waals surface area contributed by atoms with Gasteiger partial charge in [-0.2, -0.15) is 23.5 Å². The minimum absolute atomic E-state index is 0.708. The lowest BCUT2D eigenvalue weighted by Gasteiger charge is -2.20. The molecule has 0 saturated carbocycles. The number of anilines is 1. The van der Waals surface area contributed by atoms with Gasteiger partial charge in [-0.3, -0.25) is 0 Å². The van der Waals surface area contributed by atoms with Gasteiger partial charge in [0.1, 0.15) is 0 Å². The average Bonchev–Trinajstić information content (AvgIpc) is 2.79. The average molecular weight is 317 g/mol. The molecule has 18 heavy (non-hydrogen) atoms. The number of nitrogens with one attached hydrogen (secondary N) is 1. The number of thiazole rings is 1. The molecule has 0 spiro atoms. The van der Waals surface area contributed by atoms with Crippen molar-refractivity contribution >= 4 is 61.8 Å². The first-order valence-electron chi connectivity index (χ1n) is 5.80. The van der Waals surface area contributed by atoms with Gasteiger partial charge in [0.05, 0.1) is 10.2 Å². The molecule has 2 heterocycles. The van der Waals surface area contributed by atoms with Crippen LogP contribution in [0.4, 0.5) is 5.13 Å². The zero-order valence-electron chi connectivity index (χ0n) is 9.69. The van der Waals surface area contributed by atoms with Gasteiger partial charge in [0.25, 0.3) is 0 Å². The van der Waals surface area contributed by atoms with Crippen molar-refractivity contribution in [3.05, 3.63) is 23.2 Å². The molecule has 1 N–H and O–H groups in total. The Kier molecular flexibility index (Phi) is 4.23. The van der Waals surface area contributed by atoms with E-state index in [1.54, 1.807) is 11.3 Å². The molecule has 1 aromatic carbocycles. The quantitative estimate of drug-likeness (QED) is 0.917. The Hall–Kier alpha value is -0.100. The Morgan fingerprint density at radius 1 is 1.39 bits per heavy atom. The number of benzene rings is 1. The van der Waals surface area contributed by atoms with E-state index in [1.165, 1.54) is 22.0 Å². The van der Waals surface area contributed by atoms with Crippen LogP contribution in [0.15, 0.2) is 18.2 Å². The van der Waals surface area contributed by atoms with Crippen molar-refractivity contribution < 1.29 is 0 Å². The van der Waals surface area contributed by atoms with Crippen LogP contribution >= 0.6 is 46.5 Å². The van der Waals surface area contributed by atoms with E-state index in [1.807, 2.05) is 30.0 Å². The van der Waals surface area contributed by atoms with E-state index >= 15 is 0 Å². The Labute approximate surface area is 124 Å². The van der Waals surface area contributed by atoms with Crippen LogP contribution in [0.2, 0.25) is 5.02 Å². The fraction of sp³-hybridized carbons (Fsp3) is 0.417. The predicted octanol–water partition coefficient (Wildman–Crippen LogP) is 4.21. The number of hydrogen-bond donors (Lipinski definition) is 1. The van der Waals surface area contributed by atoms with Gasteiger partial charge in [-0.05, 0) is 18.2 Å². The third-order valence-corrected chi connectivity index (χ3v) is 6.79. The highest BCUT2D eigenvalue weighted by Gasteiger charge is 2.14. The van der Waals surface area contributed by atoms with Crippen molar-refractivity contribution in [3.63, 3.8) is 0 Å². The topological polar surface area (TPSA) is 24.9 Å². The molecule has 2 aromatic rings. The van der Waals surface area contributed by atoms with Gasteiger partial charge in [0, 0.05) is 34.1 Å². The van der Waals surface area contributed by atoms with Crippen molar-refractivity contribution in [3.8, 4) is 0 Å². The van der Waals surface area contributed by atoms with E-state index in [0.29, 0.717) is 5.25 Å². The van der Waals surface area contributed by atoms with Crippen LogP contribution in [0, 0.1) is 0 Å². The molecule has 3 rings (SSSR count). The van der Waals surface area contributed by atoms with Crippen LogP contribution in [0.3, 0.4) is 0 Å². The first-order valence-corrected chi connectivity index (χ1v) is 9.20. The van der Waals surface area contributed by atoms with Gasteiger partial charge in [-0.1, -0.05) is 22.9 Å². The molecule has 1 unspecified atom stereocenters. The van der Waals surface area contributed by atoms with Gasteiger partial charge in [0.2, 0.25) is 0 Å². The maximum atomic E-state index is 5.96. The van der Waals surface area contributed by atoms with Gasteiger partial charge in [-0.25, -0.2) is 4.98 Å². The van der Waals surface area contributed by atoms with E-state index in [4.69, 9.17) is 11.6 Å². The first kappa shape index (κ1) is 12.9. The van der Waals surface area contributed by atoms with Gasteiger partial charge < -0.3 is 5.32 Å². The summed E-state index contributed by atoms with van der Waals surface area (Å²) in [6.45, 7) is 1.01. The summed E-state index contributed by atoms with van der Waals surface area (Å²) >= 11 is 11.8. The molecular formula is C12H13ClN2S3. The Morgan fingerprint density at radius 3 is 3.17 bits per heavy atom. The molecular weight excluding hydrogens is 304 g/mol. The molecule has 1 aliphatic heterocycles. The predicted molar refractivity (Wildman–Crippen MR) is 86.7 cm³/mol. The second kappa shape index (κ2) is 5.90. The minimum atomic E-state index is 0.708. The highest BCUT2D eigenvalue weighted by molar-refractivity contribution is 8.06. The summed E-state index contributed by atoms with van der Waals surface area (Å²) in [5, 5.41) is 5.91. The van der Waals surface area contributed by atoms with Crippen molar-refractivity contribution in [2.75, 3.05) is 29.1 Å². The first-order chi connectivity index (χ1) is 8.81. The van der Waals surface area contributed by atoms with Crippen LogP contribution in [-0.2, 0) is 0 Å².